The van der Waals surface area contributed by atoms with E-state index in [2.05, 4.69) is 10.6 Å². The number of carbonyl (C=O) groups is 1. The normalized spacial score (nSPS) is 18.3. The van der Waals surface area contributed by atoms with E-state index in [4.69, 9.17) is 0 Å². The summed E-state index contributed by atoms with van der Waals surface area (Å²) in [6.07, 6.45) is 0.684. The fourth-order valence-corrected chi connectivity index (χ4v) is 1.91. The Morgan fingerprint density at radius 3 is 2.68 bits per heavy atom. The first-order valence-electron chi connectivity index (χ1n) is 5.64. The zero-order valence-electron chi connectivity index (χ0n) is 9.78. The molecule has 1 saturated heterocycles. The highest BCUT2D eigenvalue weighted by Gasteiger charge is 2.26. The number of carbonyl (C=O) groups excluding carboxylic acids is 1. The topological polar surface area (TPSA) is 84.3 Å². The lowest BCUT2D eigenvalue weighted by Crippen LogP contribution is -2.36. The second-order valence-electron chi connectivity index (χ2n) is 4.20. The van der Waals surface area contributed by atoms with E-state index in [0.717, 1.165) is 6.54 Å². The second kappa shape index (κ2) is 5.27. The van der Waals surface area contributed by atoms with Gasteiger partial charge in [0, 0.05) is 12.6 Å². The Hall–Kier alpha value is -2.09. The molecule has 0 radical (unpaired) electrons. The van der Waals surface area contributed by atoms with Crippen molar-refractivity contribution in [1.82, 2.24) is 10.6 Å². The van der Waals surface area contributed by atoms with Crippen LogP contribution >= 0.6 is 0 Å². The molecule has 2 rings (SSSR count). The average molecular weight is 271 g/mol. The van der Waals surface area contributed by atoms with Crippen molar-refractivity contribution in [2.75, 3.05) is 13.1 Å². The van der Waals surface area contributed by atoms with Crippen molar-refractivity contribution < 1.29 is 18.5 Å². The minimum atomic E-state index is -1.36. The molecule has 0 aliphatic carbocycles. The summed E-state index contributed by atoms with van der Waals surface area (Å²) < 4.78 is 26.1. The van der Waals surface area contributed by atoms with Gasteiger partial charge in [0.1, 0.15) is 5.56 Å². The standard InChI is InChI=1S/C11H11F2N3O3/c12-8-3-7(10(16(18)19)4-9(8)13)11(17)15-6-1-2-14-5-6/h3-4,6,14H,1-2,5H2,(H,15,17)/t6-/m1/s1. The van der Waals surface area contributed by atoms with Gasteiger partial charge < -0.3 is 10.6 Å². The third kappa shape index (κ3) is 2.84. The van der Waals surface area contributed by atoms with E-state index < -0.39 is 33.7 Å². The maximum absolute atomic E-state index is 13.1. The lowest BCUT2D eigenvalue weighted by molar-refractivity contribution is -0.385. The van der Waals surface area contributed by atoms with Gasteiger partial charge in [-0.05, 0) is 19.0 Å². The Morgan fingerprint density at radius 2 is 2.11 bits per heavy atom. The van der Waals surface area contributed by atoms with E-state index in [1.165, 1.54) is 0 Å². The van der Waals surface area contributed by atoms with Gasteiger partial charge in [-0.15, -0.1) is 0 Å². The molecule has 8 heteroatoms. The zero-order chi connectivity index (χ0) is 14.0. The number of hydrogen-bond donors (Lipinski definition) is 2. The molecular weight excluding hydrogens is 260 g/mol. The first-order chi connectivity index (χ1) is 8.99. The van der Waals surface area contributed by atoms with E-state index >= 15 is 0 Å². The SMILES string of the molecule is O=C(N[C@@H]1CCNC1)c1cc(F)c(F)cc1[N+](=O)[O-]. The molecule has 0 bridgehead atoms. The Morgan fingerprint density at radius 1 is 1.42 bits per heavy atom. The number of nitro groups is 1. The van der Waals surface area contributed by atoms with E-state index in [-0.39, 0.29) is 6.04 Å². The molecule has 0 saturated carbocycles. The van der Waals surface area contributed by atoms with Gasteiger partial charge in [0.15, 0.2) is 11.6 Å². The minimum Gasteiger partial charge on any atom is -0.348 e. The van der Waals surface area contributed by atoms with Crippen LogP contribution in [-0.2, 0) is 0 Å². The summed E-state index contributed by atoms with van der Waals surface area (Å²) in [5.74, 6) is -3.43. The van der Waals surface area contributed by atoms with Crippen molar-refractivity contribution in [3.05, 3.63) is 39.4 Å². The van der Waals surface area contributed by atoms with Crippen LogP contribution in [0.2, 0.25) is 0 Å². The molecule has 102 valence electrons. The molecule has 1 aliphatic rings. The maximum Gasteiger partial charge on any atom is 0.285 e. The van der Waals surface area contributed by atoms with Gasteiger partial charge in [0.05, 0.1) is 11.0 Å². The fourth-order valence-electron chi connectivity index (χ4n) is 1.91. The lowest BCUT2D eigenvalue weighted by atomic mass is 10.1. The largest absolute Gasteiger partial charge is 0.348 e. The van der Waals surface area contributed by atoms with Crippen LogP contribution in [0.4, 0.5) is 14.5 Å². The maximum atomic E-state index is 13.1. The predicted molar refractivity (Wildman–Crippen MR) is 61.8 cm³/mol. The molecule has 19 heavy (non-hydrogen) atoms. The summed E-state index contributed by atoms with van der Waals surface area (Å²) in [5.41, 5.74) is -1.22. The third-order valence-electron chi connectivity index (χ3n) is 2.88. The summed E-state index contributed by atoms with van der Waals surface area (Å²) in [4.78, 5) is 21.7. The van der Waals surface area contributed by atoms with E-state index in [9.17, 15) is 23.7 Å². The van der Waals surface area contributed by atoms with Crippen LogP contribution < -0.4 is 10.6 Å². The predicted octanol–water partition coefficient (Wildman–Crippen LogP) is 0.965. The number of benzene rings is 1. The summed E-state index contributed by atoms with van der Waals surface area (Å²) in [7, 11) is 0. The molecule has 1 fully saturated rings. The third-order valence-corrected chi connectivity index (χ3v) is 2.88. The average Bonchev–Trinajstić information content (AvgIpc) is 2.84. The highest BCUT2D eigenvalue weighted by Crippen LogP contribution is 2.22. The van der Waals surface area contributed by atoms with Gasteiger partial charge >= 0.3 is 0 Å². The minimum absolute atomic E-state index is 0.166. The van der Waals surface area contributed by atoms with Crippen LogP contribution in [-0.4, -0.2) is 30.0 Å². The zero-order valence-corrected chi connectivity index (χ0v) is 9.78. The number of nitrogens with one attached hydrogen (secondary N) is 2. The van der Waals surface area contributed by atoms with E-state index in [1.807, 2.05) is 0 Å². The number of rotatable bonds is 3. The van der Waals surface area contributed by atoms with Gasteiger partial charge in [-0.2, -0.15) is 0 Å². The Balaban J connectivity index is 2.28. The number of amides is 1. The van der Waals surface area contributed by atoms with Gasteiger partial charge in [-0.3, -0.25) is 14.9 Å². The number of halogens is 2. The molecule has 2 N–H and O–H groups in total. The Labute approximate surface area is 106 Å². The molecule has 1 amide bonds. The van der Waals surface area contributed by atoms with Crippen molar-refractivity contribution in [3.8, 4) is 0 Å². The van der Waals surface area contributed by atoms with Gasteiger partial charge in [0.25, 0.3) is 11.6 Å². The molecule has 0 unspecified atom stereocenters. The molecule has 1 heterocycles. The number of nitrogens with zero attached hydrogens (tertiary/aromatic N) is 1. The van der Waals surface area contributed by atoms with Crippen molar-refractivity contribution >= 4 is 11.6 Å². The molecule has 1 atom stereocenters. The smallest absolute Gasteiger partial charge is 0.285 e. The van der Waals surface area contributed by atoms with Crippen molar-refractivity contribution in [2.45, 2.75) is 12.5 Å². The first kappa shape index (κ1) is 13.3. The molecule has 0 spiro atoms. The molecule has 1 aliphatic heterocycles. The summed E-state index contributed by atoms with van der Waals surface area (Å²) in [6, 6.07) is 0.794. The van der Waals surface area contributed by atoms with E-state index in [1.54, 1.807) is 0 Å². The van der Waals surface area contributed by atoms with Crippen LogP contribution in [0.25, 0.3) is 0 Å². The lowest BCUT2D eigenvalue weighted by Gasteiger charge is -2.11. The van der Waals surface area contributed by atoms with Crippen LogP contribution in [0, 0.1) is 21.7 Å². The van der Waals surface area contributed by atoms with Crippen LogP contribution in [0.5, 0.6) is 0 Å². The molecule has 1 aromatic carbocycles. The number of hydrogen-bond acceptors (Lipinski definition) is 4. The first-order valence-corrected chi connectivity index (χ1v) is 5.64. The molecule has 6 nitrogen and oxygen atoms in total. The quantitative estimate of drug-likeness (QED) is 0.633. The van der Waals surface area contributed by atoms with Gasteiger partial charge in [-0.25, -0.2) is 8.78 Å². The van der Waals surface area contributed by atoms with E-state index in [0.29, 0.717) is 25.1 Å². The molecule has 0 aromatic heterocycles. The fraction of sp³-hybridized carbons (Fsp3) is 0.364. The Kier molecular flexibility index (Phi) is 3.70. The molecular formula is C11H11F2N3O3. The summed E-state index contributed by atoms with van der Waals surface area (Å²) in [5, 5.41) is 16.3. The van der Waals surface area contributed by atoms with Gasteiger partial charge in [0.2, 0.25) is 0 Å². The van der Waals surface area contributed by atoms with Gasteiger partial charge in [-0.1, -0.05) is 0 Å². The number of nitro benzene ring substituents is 1. The summed E-state index contributed by atoms with van der Waals surface area (Å²) >= 11 is 0. The van der Waals surface area contributed by atoms with Crippen LogP contribution in [0.3, 0.4) is 0 Å². The highest BCUT2D eigenvalue weighted by molar-refractivity contribution is 5.98. The van der Waals surface area contributed by atoms with Crippen LogP contribution in [0.1, 0.15) is 16.8 Å². The second-order valence-corrected chi connectivity index (χ2v) is 4.20. The van der Waals surface area contributed by atoms with Crippen molar-refractivity contribution in [2.24, 2.45) is 0 Å². The van der Waals surface area contributed by atoms with Crippen molar-refractivity contribution in [3.63, 3.8) is 0 Å². The highest BCUT2D eigenvalue weighted by atomic mass is 19.2. The van der Waals surface area contributed by atoms with Crippen molar-refractivity contribution in [1.29, 1.82) is 0 Å². The van der Waals surface area contributed by atoms with Crippen LogP contribution in [0.15, 0.2) is 12.1 Å². The molecule has 1 aromatic rings. The Bertz CT molecular complexity index is 530. The monoisotopic (exact) mass is 271 g/mol. The summed E-state index contributed by atoms with van der Waals surface area (Å²) in [6.45, 7) is 1.27.